The number of nitrogens with one attached hydrogen (secondary N) is 2. The van der Waals surface area contributed by atoms with Gasteiger partial charge in [-0.2, -0.15) is 5.21 Å². The number of nitrogens with zero attached hydrogens (tertiary/aromatic N) is 4. The molecular formula is C32H28N6O5. The molecule has 0 saturated carbocycles. The van der Waals surface area contributed by atoms with E-state index in [1.54, 1.807) is 31.4 Å². The van der Waals surface area contributed by atoms with Crippen molar-refractivity contribution in [2.24, 2.45) is 0 Å². The molecule has 0 aliphatic carbocycles. The average molecular weight is 577 g/mol. The van der Waals surface area contributed by atoms with E-state index in [-0.39, 0.29) is 18.6 Å². The number of fused-ring (bicyclic) bond motifs is 1. The molecule has 1 aliphatic heterocycles. The third-order valence-corrected chi connectivity index (χ3v) is 6.95. The average Bonchev–Trinajstić information content (AvgIpc) is 3.72. The molecule has 6 rings (SSSR count). The van der Waals surface area contributed by atoms with Gasteiger partial charge in [-0.15, -0.1) is 10.2 Å². The number of hydrogen-bond acceptors (Lipinski definition) is 9. The Labute approximate surface area is 247 Å². The fourth-order valence-electron chi connectivity index (χ4n) is 4.80. The Morgan fingerprint density at radius 2 is 1.79 bits per heavy atom. The lowest BCUT2D eigenvalue weighted by atomic mass is 9.93. The quantitative estimate of drug-likeness (QED) is 0.233. The molecule has 0 unspecified atom stereocenters. The van der Waals surface area contributed by atoms with Crippen molar-refractivity contribution in [2.75, 3.05) is 20.4 Å². The summed E-state index contributed by atoms with van der Waals surface area (Å²) in [6, 6.07) is 20.4. The van der Waals surface area contributed by atoms with Gasteiger partial charge in [-0.25, -0.2) is 4.98 Å². The van der Waals surface area contributed by atoms with Gasteiger partial charge in [0.25, 0.3) is 5.91 Å². The number of amides is 1. The van der Waals surface area contributed by atoms with Crippen molar-refractivity contribution in [1.82, 2.24) is 30.9 Å². The normalized spacial score (nSPS) is 12.0. The van der Waals surface area contributed by atoms with E-state index in [2.05, 4.69) is 25.9 Å². The molecule has 0 spiro atoms. The number of hydrogen-bond donors (Lipinski definition) is 2. The van der Waals surface area contributed by atoms with Crippen LogP contribution in [-0.2, 0) is 0 Å². The maximum absolute atomic E-state index is 12.8. The fourth-order valence-corrected chi connectivity index (χ4v) is 4.80. The number of benzene rings is 3. The highest BCUT2D eigenvalue weighted by molar-refractivity contribution is 5.96. The lowest BCUT2D eigenvalue weighted by molar-refractivity contribution is 0.0957. The van der Waals surface area contributed by atoms with Crippen molar-refractivity contribution in [2.45, 2.75) is 13.8 Å². The van der Waals surface area contributed by atoms with E-state index in [4.69, 9.17) is 23.9 Å². The largest absolute Gasteiger partial charge is 0.497 e. The van der Waals surface area contributed by atoms with Crippen LogP contribution in [0.1, 0.15) is 27.2 Å². The zero-order valence-corrected chi connectivity index (χ0v) is 23.7. The van der Waals surface area contributed by atoms with Crippen LogP contribution in [0.15, 0.2) is 72.8 Å². The maximum Gasteiger partial charge on any atom is 0.251 e. The van der Waals surface area contributed by atoms with Crippen LogP contribution in [0.4, 0.5) is 0 Å². The number of rotatable bonds is 9. The lowest BCUT2D eigenvalue weighted by Crippen LogP contribution is -2.24. The first-order valence-corrected chi connectivity index (χ1v) is 13.5. The molecule has 11 nitrogen and oxygen atoms in total. The van der Waals surface area contributed by atoms with Crippen molar-refractivity contribution in [1.29, 1.82) is 0 Å². The Morgan fingerprint density at radius 1 is 1.00 bits per heavy atom. The van der Waals surface area contributed by atoms with Gasteiger partial charge in [0.05, 0.1) is 12.7 Å². The van der Waals surface area contributed by atoms with Gasteiger partial charge >= 0.3 is 0 Å². The summed E-state index contributed by atoms with van der Waals surface area (Å²) in [6.45, 7) is 4.26. The Kier molecular flexibility index (Phi) is 7.68. The number of carbonyl (C=O) groups is 1. The zero-order chi connectivity index (χ0) is 29.8. The number of aryl methyl sites for hydroxylation is 2. The Morgan fingerprint density at radius 3 is 2.56 bits per heavy atom. The van der Waals surface area contributed by atoms with E-state index in [1.807, 2.05) is 68.5 Å². The molecule has 1 aliphatic rings. The standard InChI is InChI=1S/C32H28N6O5/c1-19-7-4-5-8-24(19)31(39)33-16-6-9-25-20(2)34-32(43-23-14-15-26-27(17-23)42-18-41-26)29(30-35-37-38-36-30)28(25)21-10-12-22(40-3)13-11-21/h4-15,17H,16,18H2,1-3H3,(H,33,39)(H,35,36,37,38). The molecular weight excluding hydrogens is 548 g/mol. The topological polar surface area (TPSA) is 133 Å². The highest BCUT2D eigenvalue weighted by atomic mass is 16.7. The summed E-state index contributed by atoms with van der Waals surface area (Å²) in [5, 5.41) is 17.9. The van der Waals surface area contributed by atoms with Gasteiger partial charge in [0.15, 0.2) is 11.5 Å². The molecule has 11 heteroatoms. The Bertz CT molecular complexity index is 1800. The van der Waals surface area contributed by atoms with E-state index in [0.717, 1.165) is 22.3 Å². The van der Waals surface area contributed by atoms with Gasteiger partial charge in [-0.05, 0) is 60.5 Å². The van der Waals surface area contributed by atoms with Gasteiger partial charge < -0.3 is 24.3 Å². The third-order valence-electron chi connectivity index (χ3n) is 6.95. The summed E-state index contributed by atoms with van der Waals surface area (Å²) in [5.41, 5.74) is 5.19. The number of aromatic amines is 1. The zero-order valence-electron chi connectivity index (χ0n) is 23.7. The predicted octanol–water partition coefficient (Wildman–Crippen LogP) is 5.52. The smallest absolute Gasteiger partial charge is 0.251 e. The summed E-state index contributed by atoms with van der Waals surface area (Å²) in [7, 11) is 1.62. The molecule has 0 bridgehead atoms. The Balaban J connectivity index is 1.42. The molecule has 0 fully saturated rings. The van der Waals surface area contributed by atoms with Crippen LogP contribution in [0.5, 0.6) is 28.9 Å². The monoisotopic (exact) mass is 576 g/mol. The van der Waals surface area contributed by atoms with Gasteiger partial charge in [-0.1, -0.05) is 42.5 Å². The number of carbonyl (C=O) groups excluding carboxylic acids is 1. The number of aromatic nitrogens is 5. The molecule has 3 aromatic carbocycles. The minimum Gasteiger partial charge on any atom is -0.497 e. The molecule has 1 amide bonds. The van der Waals surface area contributed by atoms with Crippen LogP contribution in [0.2, 0.25) is 0 Å². The molecule has 3 heterocycles. The summed E-state index contributed by atoms with van der Waals surface area (Å²) >= 11 is 0. The SMILES string of the molecule is COc1ccc(-c2c(C=CCNC(=O)c3ccccc3C)c(C)nc(Oc3ccc4c(c3)OCO4)c2-c2nn[nH]n2)cc1. The van der Waals surface area contributed by atoms with Gasteiger partial charge in [-0.3, -0.25) is 4.79 Å². The fraction of sp³-hybridized carbons (Fsp3) is 0.156. The molecule has 0 saturated heterocycles. The first kappa shape index (κ1) is 27.5. The molecule has 216 valence electrons. The van der Waals surface area contributed by atoms with Gasteiger partial charge in [0.2, 0.25) is 18.5 Å². The second-order valence-corrected chi connectivity index (χ2v) is 9.67. The number of tetrazole rings is 1. The van der Waals surface area contributed by atoms with Crippen molar-refractivity contribution >= 4 is 12.0 Å². The first-order valence-electron chi connectivity index (χ1n) is 13.5. The summed E-state index contributed by atoms with van der Waals surface area (Å²) < 4.78 is 22.7. The molecule has 5 aromatic rings. The van der Waals surface area contributed by atoms with E-state index in [1.165, 1.54) is 0 Å². The maximum atomic E-state index is 12.8. The van der Waals surface area contributed by atoms with E-state index in [0.29, 0.717) is 52.2 Å². The minimum atomic E-state index is -0.145. The molecule has 0 radical (unpaired) electrons. The summed E-state index contributed by atoms with van der Waals surface area (Å²) in [4.78, 5) is 17.6. The third kappa shape index (κ3) is 5.73. The van der Waals surface area contributed by atoms with Crippen molar-refractivity contribution in [3.05, 3.63) is 95.2 Å². The van der Waals surface area contributed by atoms with Crippen molar-refractivity contribution in [3.8, 4) is 51.4 Å². The van der Waals surface area contributed by atoms with Gasteiger partial charge in [0.1, 0.15) is 11.5 Å². The highest BCUT2D eigenvalue weighted by Crippen LogP contribution is 2.44. The highest BCUT2D eigenvalue weighted by Gasteiger charge is 2.25. The van der Waals surface area contributed by atoms with Crippen LogP contribution in [0.25, 0.3) is 28.6 Å². The molecule has 0 atom stereocenters. The lowest BCUT2D eigenvalue weighted by Gasteiger charge is -2.18. The second kappa shape index (κ2) is 12.0. The van der Waals surface area contributed by atoms with Crippen LogP contribution in [0, 0.1) is 13.8 Å². The minimum absolute atomic E-state index is 0.145. The van der Waals surface area contributed by atoms with Crippen LogP contribution < -0.4 is 24.3 Å². The summed E-state index contributed by atoms with van der Waals surface area (Å²) in [5.74, 6) is 2.88. The van der Waals surface area contributed by atoms with E-state index >= 15 is 0 Å². The molecule has 2 aromatic heterocycles. The van der Waals surface area contributed by atoms with E-state index in [9.17, 15) is 4.79 Å². The number of ether oxygens (including phenoxy) is 4. The van der Waals surface area contributed by atoms with Crippen molar-refractivity contribution < 1.29 is 23.7 Å². The second-order valence-electron chi connectivity index (χ2n) is 9.67. The van der Waals surface area contributed by atoms with E-state index < -0.39 is 0 Å². The van der Waals surface area contributed by atoms with Gasteiger partial charge in [0, 0.05) is 35.0 Å². The van der Waals surface area contributed by atoms with Crippen LogP contribution in [0.3, 0.4) is 0 Å². The van der Waals surface area contributed by atoms with Crippen LogP contribution in [-0.4, -0.2) is 52.0 Å². The van der Waals surface area contributed by atoms with Crippen LogP contribution >= 0.6 is 0 Å². The number of pyridine rings is 1. The van der Waals surface area contributed by atoms with Crippen molar-refractivity contribution in [3.63, 3.8) is 0 Å². The molecule has 43 heavy (non-hydrogen) atoms. The summed E-state index contributed by atoms with van der Waals surface area (Å²) in [6.07, 6.45) is 3.81. The first-order chi connectivity index (χ1) is 21.0. The number of H-pyrrole nitrogens is 1. The Hall–Kier alpha value is -5.71. The number of methoxy groups -OCH3 is 1. The molecule has 2 N–H and O–H groups in total. The predicted molar refractivity (Wildman–Crippen MR) is 159 cm³/mol.